The fraction of sp³-hybridized carbons (Fsp3) is 0.333. The van der Waals surface area contributed by atoms with Crippen LogP contribution in [0.15, 0.2) is 18.2 Å². The summed E-state index contributed by atoms with van der Waals surface area (Å²) in [5.74, 6) is 0.101. The summed E-state index contributed by atoms with van der Waals surface area (Å²) < 4.78 is 9.89. The van der Waals surface area contributed by atoms with Crippen molar-refractivity contribution >= 4 is 35.2 Å². The van der Waals surface area contributed by atoms with Crippen LogP contribution in [-0.4, -0.2) is 25.2 Å². The first-order chi connectivity index (χ1) is 9.52. The Morgan fingerprint density at radius 3 is 2.60 bits per heavy atom. The molecule has 2 amide bonds. The number of rotatable bonds is 5. The minimum atomic E-state index is -0.716. The van der Waals surface area contributed by atoms with Crippen LogP contribution in [0.4, 0.5) is 4.79 Å². The second-order valence-electron chi connectivity index (χ2n) is 3.57. The van der Waals surface area contributed by atoms with E-state index in [1.54, 1.807) is 25.1 Å². The molecule has 0 aliphatic rings. The summed E-state index contributed by atoms with van der Waals surface area (Å²) in [6, 6.07) is 4.79. The van der Waals surface area contributed by atoms with E-state index in [0.717, 1.165) is 0 Å². The molecule has 0 saturated heterocycles. The third kappa shape index (κ3) is 5.99. The Bertz CT molecular complexity index is 483. The number of amides is 2. The SMILES string of the molecule is CCOC(=O)NNC(=O)CCOc1ccc(Cl)c(Cl)c1. The van der Waals surface area contributed by atoms with Gasteiger partial charge >= 0.3 is 6.09 Å². The largest absolute Gasteiger partial charge is 0.493 e. The first kappa shape index (κ1) is 16.4. The Kier molecular flexibility index (Phi) is 6.97. The van der Waals surface area contributed by atoms with E-state index in [-0.39, 0.29) is 19.6 Å². The van der Waals surface area contributed by atoms with Crippen LogP contribution >= 0.6 is 23.2 Å². The molecule has 2 N–H and O–H groups in total. The van der Waals surface area contributed by atoms with E-state index in [0.29, 0.717) is 15.8 Å². The van der Waals surface area contributed by atoms with E-state index in [1.807, 2.05) is 0 Å². The van der Waals surface area contributed by atoms with Gasteiger partial charge in [0.25, 0.3) is 0 Å². The molecule has 1 aromatic rings. The van der Waals surface area contributed by atoms with Crippen LogP contribution in [0.25, 0.3) is 0 Å². The van der Waals surface area contributed by atoms with Gasteiger partial charge in [0.15, 0.2) is 0 Å². The van der Waals surface area contributed by atoms with Gasteiger partial charge in [-0.05, 0) is 19.1 Å². The Balaban J connectivity index is 2.24. The van der Waals surface area contributed by atoms with Crippen molar-refractivity contribution in [1.29, 1.82) is 0 Å². The van der Waals surface area contributed by atoms with E-state index in [4.69, 9.17) is 27.9 Å². The van der Waals surface area contributed by atoms with Crippen molar-refractivity contribution in [2.45, 2.75) is 13.3 Å². The Hall–Kier alpha value is -1.66. The van der Waals surface area contributed by atoms with Crippen molar-refractivity contribution in [3.05, 3.63) is 28.2 Å². The van der Waals surface area contributed by atoms with Gasteiger partial charge in [-0.25, -0.2) is 10.2 Å². The molecule has 8 heteroatoms. The molecule has 0 fully saturated rings. The van der Waals surface area contributed by atoms with Crippen molar-refractivity contribution in [2.75, 3.05) is 13.2 Å². The molecule has 0 saturated carbocycles. The normalized spacial score (nSPS) is 9.75. The lowest BCUT2D eigenvalue weighted by Crippen LogP contribution is -2.42. The third-order valence-corrected chi connectivity index (χ3v) is 2.81. The molecule has 0 radical (unpaired) electrons. The predicted molar refractivity (Wildman–Crippen MR) is 74.9 cm³/mol. The van der Waals surface area contributed by atoms with Gasteiger partial charge in [-0.1, -0.05) is 23.2 Å². The highest BCUT2D eigenvalue weighted by Gasteiger charge is 2.05. The minimum absolute atomic E-state index is 0.0622. The second kappa shape index (κ2) is 8.50. The van der Waals surface area contributed by atoms with Crippen LogP contribution in [0.3, 0.4) is 0 Å². The lowest BCUT2D eigenvalue weighted by molar-refractivity contribution is -0.122. The maximum atomic E-state index is 11.4. The molecule has 0 aliphatic carbocycles. The number of hydrogen-bond donors (Lipinski definition) is 2. The zero-order valence-electron chi connectivity index (χ0n) is 10.7. The molecule has 0 spiro atoms. The average Bonchev–Trinajstić information content (AvgIpc) is 2.41. The van der Waals surface area contributed by atoms with E-state index >= 15 is 0 Å². The molecule has 0 aromatic heterocycles. The summed E-state index contributed by atoms with van der Waals surface area (Å²) in [6.07, 6.45) is -0.654. The zero-order valence-corrected chi connectivity index (χ0v) is 12.3. The topological polar surface area (TPSA) is 76.7 Å². The van der Waals surface area contributed by atoms with Gasteiger partial charge in [0.05, 0.1) is 29.7 Å². The lowest BCUT2D eigenvalue weighted by atomic mass is 10.3. The molecule has 0 unspecified atom stereocenters. The van der Waals surface area contributed by atoms with Crippen LogP contribution in [0.2, 0.25) is 10.0 Å². The minimum Gasteiger partial charge on any atom is -0.493 e. The van der Waals surface area contributed by atoms with Crippen molar-refractivity contribution in [3.8, 4) is 5.75 Å². The smallest absolute Gasteiger partial charge is 0.426 e. The number of benzene rings is 1. The summed E-state index contributed by atoms with van der Waals surface area (Å²) in [5, 5.41) is 0.799. The lowest BCUT2D eigenvalue weighted by Gasteiger charge is -2.08. The second-order valence-corrected chi connectivity index (χ2v) is 4.38. The van der Waals surface area contributed by atoms with Crippen molar-refractivity contribution in [2.24, 2.45) is 0 Å². The zero-order chi connectivity index (χ0) is 15.0. The number of ether oxygens (including phenoxy) is 2. The van der Waals surface area contributed by atoms with Crippen molar-refractivity contribution in [1.82, 2.24) is 10.9 Å². The number of carbonyl (C=O) groups is 2. The number of carbonyl (C=O) groups excluding carboxylic acids is 2. The Morgan fingerprint density at radius 2 is 1.95 bits per heavy atom. The molecular weight excluding hydrogens is 307 g/mol. The van der Waals surface area contributed by atoms with E-state index in [2.05, 4.69) is 15.6 Å². The quantitative estimate of drug-likeness (QED) is 0.817. The van der Waals surface area contributed by atoms with Gasteiger partial charge in [0.2, 0.25) is 5.91 Å². The number of halogens is 2. The standard InChI is InChI=1S/C12H14Cl2N2O4/c1-2-19-12(18)16-15-11(17)5-6-20-8-3-4-9(13)10(14)7-8/h3-4,7H,2,5-6H2,1H3,(H,15,17)(H,16,18). The molecule has 110 valence electrons. The number of nitrogens with one attached hydrogen (secondary N) is 2. The van der Waals surface area contributed by atoms with Gasteiger partial charge in [-0.3, -0.25) is 10.2 Å². The van der Waals surface area contributed by atoms with Gasteiger partial charge in [-0.2, -0.15) is 0 Å². The van der Waals surface area contributed by atoms with Gasteiger partial charge in [-0.15, -0.1) is 0 Å². The molecule has 0 atom stereocenters. The molecular formula is C12H14Cl2N2O4. The van der Waals surface area contributed by atoms with Crippen LogP contribution in [0.5, 0.6) is 5.75 Å². The summed E-state index contributed by atoms with van der Waals surface area (Å²) in [4.78, 5) is 22.3. The van der Waals surface area contributed by atoms with Crippen molar-refractivity contribution in [3.63, 3.8) is 0 Å². The average molecular weight is 321 g/mol. The Morgan fingerprint density at radius 1 is 1.20 bits per heavy atom. The maximum absolute atomic E-state index is 11.4. The molecule has 20 heavy (non-hydrogen) atoms. The monoisotopic (exact) mass is 320 g/mol. The molecule has 6 nitrogen and oxygen atoms in total. The third-order valence-electron chi connectivity index (χ3n) is 2.07. The van der Waals surface area contributed by atoms with E-state index < -0.39 is 12.0 Å². The van der Waals surface area contributed by atoms with Crippen LogP contribution < -0.4 is 15.6 Å². The Labute approximate surface area is 126 Å². The van der Waals surface area contributed by atoms with Crippen LogP contribution in [-0.2, 0) is 9.53 Å². The molecule has 0 heterocycles. The summed E-state index contributed by atoms with van der Waals surface area (Å²) in [5.41, 5.74) is 4.28. The first-order valence-electron chi connectivity index (χ1n) is 5.82. The van der Waals surface area contributed by atoms with E-state index in [1.165, 1.54) is 0 Å². The maximum Gasteiger partial charge on any atom is 0.426 e. The highest BCUT2D eigenvalue weighted by atomic mass is 35.5. The highest BCUT2D eigenvalue weighted by molar-refractivity contribution is 6.42. The summed E-state index contributed by atoms with van der Waals surface area (Å²) >= 11 is 11.6. The molecule has 0 aliphatic heterocycles. The van der Waals surface area contributed by atoms with Gasteiger partial charge in [0, 0.05) is 6.07 Å². The predicted octanol–water partition coefficient (Wildman–Crippen LogP) is 2.54. The van der Waals surface area contributed by atoms with E-state index in [9.17, 15) is 9.59 Å². The summed E-state index contributed by atoms with van der Waals surface area (Å²) in [7, 11) is 0. The fourth-order valence-electron chi connectivity index (χ4n) is 1.18. The van der Waals surface area contributed by atoms with Gasteiger partial charge in [0.1, 0.15) is 5.75 Å². The molecule has 1 aromatic carbocycles. The molecule has 0 bridgehead atoms. The van der Waals surface area contributed by atoms with Crippen LogP contribution in [0.1, 0.15) is 13.3 Å². The van der Waals surface area contributed by atoms with Crippen LogP contribution in [0, 0.1) is 0 Å². The van der Waals surface area contributed by atoms with Crippen molar-refractivity contribution < 1.29 is 19.1 Å². The van der Waals surface area contributed by atoms with Gasteiger partial charge < -0.3 is 9.47 Å². The fourth-order valence-corrected chi connectivity index (χ4v) is 1.47. The summed E-state index contributed by atoms with van der Waals surface area (Å²) in [6.45, 7) is 2.02. The number of hydrazine groups is 1. The number of hydrogen-bond acceptors (Lipinski definition) is 4. The molecule has 1 rings (SSSR count). The highest BCUT2D eigenvalue weighted by Crippen LogP contribution is 2.26. The first-order valence-corrected chi connectivity index (χ1v) is 6.58.